The zero-order valence-electron chi connectivity index (χ0n) is 15.0. The highest BCUT2D eigenvalue weighted by Crippen LogP contribution is 2.21. The average Bonchev–Trinajstić information content (AvgIpc) is 3.05. The topological polar surface area (TPSA) is 169 Å². The number of fused-ring (bicyclic) bond motifs is 1. The third kappa shape index (κ3) is 6.19. The van der Waals surface area contributed by atoms with Gasteiger partial charge in [0.15, 0.2) is 5.82 Å². The van der Waals surface area contributed by atoms with Crippen molar-refractivity contribution < 1.29 is 19.8 Å². The van der Waals surface area contributed by atoms with E-state index in [-0.39, 0.29) is 0 Å². The van der Waals surface area contributed by atoms with Crippen LogP contribution in [0.2, 0.25) is 0 Å². The molecular weight excluding hydrogens is 352 g/mol. The first kappa shape index (κ1) is 20.6. The minimum absolute atomic E-state index is 0.376. The first-order valence-corrected chi connectivity index (χ1v) is 8.92. The SMILES string of the molecule is N[C@@H](CCCCn1cccc2nc(NCCC[C@H](N)C(=O)O)nc1-2)C(=O)O. The quantitative estimate of drug-likeness (QED) is 0.331. The van der Waals surface area contributed by atoms with Gasteiger partial charge < -0.3 is 31.6 Å². The molecule has 2 rings (SSSR count). The third-order valence-corrected chi connectivity index (χ3v) is 4.23. The smallest absolute Gasteiger partial charge is 0.320 e. The van der Waals surface area contributed by atoms with Gasteiger partial charge in [-0.3, -0.25) is 9.59 Å². The molecular formula is C17H26N6O4. The average molecular weight is 378 g/mol. The van der Waals surface area contributed by atoms with Crippen LogP contribution in [0.3, 0.4) is 0 Å². The van der Waals surface area contributed by atoms with Crippen molar-refractivity contribution >= 4 is 17.9 Å². The number of nitrogens with two attached hydrogens (primary N) is 2. The minimum atomic E-state index is -1.00. The number of carboxylic acids is 2. The number of pyridine rings is 1. The van der Waals surface area contributed by atoms with Crippen LogP contribution in [0.15, 0.2) is 18.3 Å². The van der Waals surface area contributed by atoms with Crippen molar-refractivity contribution in [2.75, 3.05) is 11.9 Å². The summed E-state index contributed by atoms with van der Waals surface area (Å²) < 4.78 is 1.97. The van der Waals surface area contributed by atoms with Crippen LogP contribution in [-0.2, 0) is 16.1 Å². The molecule has 148 valence electrons. The van der Waals surface area contributed by atoms with E-state index in [0.29, 0.717) is 44.7 Å². The van der Waals surface area contributed by atoms with E-state index in [0.717, 1.165) is 17.9 Å². The van der Waals surface area contributed by atoms with Crippen LogP contribution in [0.4, 0.5) is 5.95 Å². The molecule has 10 nitrogen and oxygen atoms in total. The first-order valence-electron chi connectivity index (χ1n) is 8.92. The zero-order chi connectivity index (χ0) is 19.8. The summed E-state index contributed by atoms with van der Waals surface area (Å²) in [4.78, 5) is 30.3. The fraction of sp³-hybridized carbons (Fsp3) is 0.529. The summed E-state index contributed by atoms with van der Waals surface area (Å²) in [5.41, 5.74) is 11.7. The highest BCUT2D eigenvalue weighted by molar-refractivity contribution is 5.73. The molecule has 2 heterocycles. The standard InChI is InChI=1S/C17H26N6O4/c18-11(15(24)25)5-1-2-9-23-10-4-7-13-14(23)22-17(21-13)20-8-3-6-12(19)16(26)27/h4,7,10-12H,1-3,5-6,8-9,18-19H2,(H,20,21)(H,24,25)(H,26,27)/t11-,12-/m0/s1. The molecule has 0 amide bonds. The van der Waals surface area contributed by atoms with Gasteiger partial charge in [-0.1, -0.05) is 0 Å². The molecule has 0 fully saturated rings. The highest BCUT2D eigenvalue weighted by atomic mass is 16.4. The number of unbranched alkanes of at least 4 members (excludes halogenated alkanes) is 1. The Kier molecular flexibility index (Phi) is 7.50. The maximum absolute atomic E-state index is 10.7. The van der Waals surface area contributed by atoms with Crippen molar-refractivity contribution in [1.82, 2.24) is 14.5 Å². The number of anilines is 1. The molecule has 2 atom stereocenters. The van der Waals surface area contributed by atoms with Crippen molar-refractivity contribution in [2.24, 2.45) is 11.5 Å². The lowest BCUT2D eigenvalue weighted by Gasteiger charge is -2.11. The number of carboxylic acid groups (broad SMARTS) is 2. The zero-order valence-corrected chi connectivity index (χ0v) is 15.0. The maximum atomic E-state index is 10.7. The monoisotopic (exact) mass is 378 g/mol. The van der Waals surface area contributed by atoms with Gasteiger partial charge in [-0.05, 0) is 44.2 Å². The van der Waals surface area contributed by atoms with E-state index in [1.54, 1.807) is 0 Å². The number of aryl methyl sites for hydroxylation is 1. The Balaban J connectivity index is 1.85. The number of rotatable bonds is 12. The summed E-state index contributed by atoms with van der Waals surface area (Å²) >= 11 is 0. The van der Waals surface area contributed by atoms with Crippen molar-refractivity contribution in [3.63, 3.8) is 0 Å². The largest absolute Gasteiger partial charge is 0.480 e. The Bertz CT molecular complexity index is 734. The molecule has 0 aromatic rings. The Morgan fingerprint density at radius 1 is 1.07 bits per heavy atom. The van der Waals surface area contributed by atoms with Crippen molar-refractivity contribution in [3.8, 4) is 11.5 Å². The molecule has 0 radical (unpaired) electrons. The second-order valence-electron chi connectivity index (χ2n) is 6.41. The van der Waals surface area contributed by atoms with Crippen molar-refractivity contribution in [1.29, 1.82) is 0 Å². The van der Waals surface area contributed by atoms with Crippen LogP contribution in [0.25, 0.3) is 11.5 Å². The Hall–Kier alpha value is -2.72. The van der Waals surface area contributed by atoms with Crippen molar-refractivity contribution in [3.05, 3.63) is 18.3 Å². The summed E-state index contributed by atoms with van der Waals surface area (Å²) in [6, 6.07) is 2.07. The van der Waals surface area contributed by atoms with E-state index < -0.39 is 24.0 Å². The molecule has 2 aliphatic rings. The molecule has 0 saturated carbocycles. The lowest BCUT2D eigenvalue weighted by Crippen LogP contribution is -2.30. The molecule has 2 aliphatic heterocycles. The van der Waals surface area contributed by atoms with Gasteiger partial charge in [0.2, 0.25) is 5.95 Å². The number of nitrogens with one attached hydrogen (secondary N) is 1. The highest BCUT2D eigenvalue weighted by Gasteiger charge is 2.15. The number of carbonyl (C=O) groups is 2. The number of imidazole rings is 1. The number of hydrogen-bond donors (Lipinski definition) is 5. The number of aromatic nitrogens is 3. The molecule has 0 unspecified atom stereocenters. The van der Waals surface area contributed by atoms with Crippen LogP contribution in [0, 0.1) is 0 Å². The number of nitrogens with zero attached hydrogens (tertiary/aromatic N) is 3. The Morgan fingerprint density at radius 3 is 2.41 bits per heavy atom. The van der Waals surface area contributed by atoms with E-state index in [1.165, 1.54) is 0 Å². The molecule has 0 bridgehead atoms. The van der Waals surface area contributed by atoms with Gasteiger partial charge in [0, 0.05) is 19.3 Å². The molecule has 0 saturated heterocycles. The minimum Gasteiger partial charge on any atom is -0.480 e. The van der Waals surface area contributed by atoms with Gasteiger partial charge in [-0.2, -0.15) is 4.98 Å². The molecule has 27 heavy (non-hydrogen) atoms. The fourth-order valence-electron chi connectivity index (χ4n) is 2.65. The summed E-state index contributed by atoms with van der Waals surface area (Å²) in [5.74, 6) is -0.756. The van der Waals surface area contributed by atoms with Crippen LogP contribution >= 0.6 is 0 Å². The van der Waals surface area contributed by atoms with E-state index in [2.05, 4.69) is 15.3 Å². The van der Waals surface area contributed by atoms with Crippen LogP contribution in [-0.4, -0.2) is 55.3 Å². The van der Waals surface area contributed by atoms with Crippen LogP contribution in [0.5, 0.6) is 0 Å². The van der Waals surface area contributed by atoms with Gasteiger partial charge in [-0.25, -0.2) is 4.98 Å². The number of aliphatic carboxylic acids is 2. The third-order valence-electron chi connectivity index (χ3n) is 4.23. The maximum Gasteiger partial charge on any atom is 0.320 e. The lowest BCUT2D eigenvalue weighted by atomic mass is 10.1. The normalized spacial score (nSPS) is 13.4. The summed E-state index contributed by atoms with van der Waals surface area (Å²) in [6.45, 7) is 1.22. The van der Waals surface area contributed by atoms with Gasteiger partial charge in [0.05, 0.1) is 0 Å². The Labute approximate surface area is 156 Å². The molecule has 0 aliphatic carbocycles. The molecule has 7 N–H and O–H groups in total. The van der Waals surface area contributed by atoms with Gasteiger partial charge >= 0.3 is 11.9 Å². The summed E-state index contributed by atoms with van der Waals surface area (Å²) in [7, 11) is 0. The summed E-state index contributed by atoms with van der Waals surface area (Å²) in [5, 5.41) is 20.6. The van der Waals surface area contributed by atoms with Crippen molar-refractivity contribution in [2.45, 2.75) is 50.7 Å². The lowest BCUT2D eigenvalue weighted by molar-refractivity contribution is -0.139. The van der Waals surface area contributed by atoms with Gasteiger partial charge in [0.1, 0.15) is 17.8 Å². The second kappa shape index (κ2) is 9.83. The predicted molar refractivity (Wildman–Crippen MR) is 99.4 cm³/mol. The molecule has 0 aromatic heterocycles. The molecule has 0 spiro atoms. The van der Waals surface area contributed by atoms with Gasteiger partial charge in [-0.15, -0.1) is 0 Å². The van der Waals surface area contributed by atoms with Crippen LogP contribution in [0.1, 0.15) is 32.1 Å². The molecule has 0 aromatic carbocycles. The van der Waals surface area contributed by atoms with E-state index in [4.69, 9.17) is 21.7 Å². The number of hydrogen-bond acceptors (Lipinski definition) is 7. The fourth-order valence-corrected chi connectivity index (χ4v) is 2.65. The second-order valence-corrected chi connectivity index (χ2v) is 6.41. The summed E-state index contributed by atoms with van der Waals surface area (Å²) in [6.07, 6.45) is 4.81. The van der Waals surface area contributed by atoms with E-state index >= 15 is 0 Å². The van der Waals surface area contributed by atoms with Crippen LogP contribution < -0.4 is 16.8 Å². The molecule has 10 heteroatoms. The van der Waals surface area contributed by atoms with E-state index in [9.17, 15) is 9.59 Å². The predicted octanol–water partition coefficient (Wildman–Crippen LogP) is 0.569. The van der Waals surface area contributed by atoms with E-state index in [1.807, 2.05) is 22.9 Å². The first-order chi connectivity index (χ1) is 12.9. The van der Waals surface area contributed by atoms with Gasteiger partial charge in [0.25, 0.3) is 0 Å². The Morgan fingerprint density at radius 2 is 1.74 bits per heavy atom.